The molecule has 0 saturated heterocycles. The third-order valence-electron chi connectivity index (χ3n) is 2.87. The average Bonchev–Trinajstić information content (AvgIpc) is 2.89. The van der Waals surface area contributed by atoms with Crippen molar-refractivity contribution in [3.63, 3.8) is 0 Å². The Morgan fingerprint density at radius 3 is 2.84 bits per heavy atom. The SMILES string of the molecule is CCCNc1cc(CN(C)Cc2ccsc2)ccn1. The molecule has 2 aromatic rings. The summed E-state index contributed by atoms with van der Waals surface area (Å²) in [7, 11) is 2.15. The first kappa shape index (κ1) is 14.0. The average molecular weight is 275 g/mol. The van der Waals surface area contributed by atoms with Crippen LogP contribution in [0.5, 0.6) is 0 Å². The van der Waals surface area contributed by atoms with E-state index in [1.807, 2.05) is 6.20 Å². The highest BCUT2D eigenvalue weighted by atomic mass is 32.1. The third-order valence-corrected chi connectivity index (χ3v) is 3.60. The van der Waals surface area contributed by atoms with E-state index >= 15 is 0 Å². The number of anilines is 1. The highest BCUT2D eigenvalue weighted by Gasteiger charge is 2.03. The molecule has 0 saturated carbocycles. The Labute approximate surface area is 119 Å². The van der Waals surface area contributed by atoms with E-state index < -0.39 is 0 Å². The lowest BCUT2D eigenvalue weighted by atomic mass is 10.2. The Morgan fingerprint density at radius 1 is 1.26 bits per heavy atom. The summed E-state index contributed by atoms with van der Waals surface area (Å²) in [6, 6.07) is 6.41. The fourth-order valence-electron chi connectivity index (χ4n) is 1.98. The quantitative estimate of drug-likeness (QED) is 0.837. The van der Waals surface area contributed by atoms with Crippen molar-refractivity contribution >= 4 is 17.2 Å². The summed E-state index contributed by atoms with van der Waals surface area (Å²) in [5.41, 5.74) is 2.68. The number of hydrogen-bond acceptors (Lipinski definition) is 4. The van der Waals surface area contributed by atoms with Crippen LogP contribution in [0.15, 0.2) is 35.2 Å². The van der Waals surface area contributed by atoms with Crippen LogP contribution >= 0.6 is 11.3 Å². The monoisotopic (exact) mass is 275 g/mol. The fraction of sp³-hybridized carbons (Fsp3) is 0.400. The van der Waals surface area contributed by atoms with Gasteiger partial charge in [-0.2, -0.15) is 11.3 Å². The standard InChI is InChI=1S/C15H21N3S/c1-3-6-16-15-9-13(4-7-17-15)10-18(2)11-14-5-8-19-12-14/h4-5,7-9,12H,3,6,10-11H2,1-2H3,(H,16,17). The summed E-state index contributed by atoms with van der Waals surface area (Å²) in [6.45, 7) is 5.06. The lowest BCUT2D eigenvalue weighted by molar-refractivity contribution is 0.319. The number of aromatic nitrogens is 1. The maximum atomic E-state index is 4.33. The van der Waals surface area contributed by atoms with Gasteiger partial charge >= 0.3 is 0 Å². The summed E-state index contributed by atoms with van der Waals surface area (Å²) >= 11 is 1.75. The van der Waals surface area contributed by atoms with Gasteiger partial charge in [0.25, 0.3) is 0 Å². The second-order valence-electron chi connectivity index (χ2n) is 4.78. The smallest absolute Gasteiger partial charge is 0.126 e. The van der Waals surface area contributed by atoms with E-state index in [4.69, 9.17) is 0 Å². The number of nitrogens with zero attached hydrogens (tertiary/aromatic N) is 2. The maximum Gasteiger partial charge on any atom is 0.126 e. The molecule has 0 unspecified atom stereocenters. The molecule has 0 aliphatic carbocycles. The van der Waals surface area contributed by atoms with Crippen LogP contribution in [0.4, 0.5) is 5.82 Å². The van der Waals surface area contributed by atoms with E-state index in [0.717, 1.165) is 31.9 Å². The molecule has 0 aromatic carbocycles. The predicted molar refractivity (Wildman–Crippen MR) is 82.5 cm³/mol. The van der Waals surface area contributed by atoms with Gasteiger partial charge in [0.1, 0.15) is 5.82 Å². The van der Waals surface area contributed by atoms with Gasteiger partial charge in [-0.15, -0.1) is 0 Å². The molecule has 2 rings (SSSR count). The molecule has 4 heteroatoms. The normalized spacial score (nSPS) is 10.9. The molecule has 0 amide bonds. The van der Waals surface area contributed by atoms with Gasteiger partial charge in [0, 0.05) is 25.8 Å². The summed E-state index contributed by atoms with van der Waals surface area (Å²) in [6.07, 6.45) is 3.00. The van der Waals surface area contributed by atoms with E-state index in [-0.39, 0.29) is 0 Å². The minimum atomic E-state index is 0.944. The number of nitrogens with one attached hydrogen (secondary N) is 1. The van der Waals surface area contributed by atoms with Crippen LogP contribution in [-0.2, 0) is 13.1 Å². The molecule has 0 aliphatic rings. The van der Waals surface area contributed by atoms with Gasteiger partial charge in [0.05, 0.1) is 0 Å². The van der Waals surface area contributed by atoms with Gasteiger partial charge in [-0.3, -0.25) is 4.90 Å². The van der Waals surface area contributed by atoms with Gasteiger partial charge < -0.3 is 5.32 Å². The van der Waals surface area contributed by atoms with E-state index in [1.165, 1.54) is 11.1 Å². The molecule has 102 valence electrons. The van der Waals surface area contributed by atoms with E-state index in [2.05, 4.69) is 58.1 Å². The molecule has 1 N–H and O–H groups in total. The van der Waals surface area contributed by atoms with E-state index in [9.17, 15) is 0 Å². The molecule has 2 heterocycles. The first-order chi connectivity index (χ1) is 9.28. The Kier molecular flexibility index (Phi) is 5.36. The lowest BCUT2D eigenvalue weighted by Gasteiger charge is -2.16. The molecule has 0 atom stereocenters. The van der Waals surface area contributed by atoms with Crippen LogP contribution in [0.3, 0.4) is 0 Å². The minimum absolute atomic E-state index is 0.944. The zero-order valence-electron chi connectivity index (χ0n) is 11.6. The van der Waals surface area contributed by atoms with Crippen molar-refractivity contribution < 1.29 is 0 Å². The van der Waals surface area contributed by atoms with Gasteiger partial charge in [-0.25, -0.2) is 4.98 Å². The van der Waals surface area contributed by atoms with Gasteiger partial charge in [-0.1, -0.05) is 6.92 Å². The van der Waals surface area contributed by atoms with E-state index in [1.54, 1.807) is 11.3 Å². The molecular weight excluding hydrogens is 254 g/mol. The first-order valence-corrected chi connectivity index (χ1v) is 7.60. The first-order valence-electron chi connectivity index (χ1n) is 6.66. The fourth-order valence-corrected chi connectivity index (χ4v) is 2.64. The molecule has 2 aromatic heterocycles. The van der Waals surface area contributed by atoms with Crippen LogP contribution < -0.4 is 5.32 Å². The molecule has 0 spiro atoms. The molecule has 3 nitrogen and oxygen atoms in total. The van der Waals surface area contributed by atoms with Crippen molar-refractivity contribution in [2.75, 3.05) is 18.9 Å². The minimum Gasteiger partial charge on any atom is -0.370 e. The van der Waals surface area contributed by atoms with Gasteiger partial charge in [-0.05, 0) is 53.6 Å². The highest BCUT2D eigenvalue weighted by Crippen LogP contribution is 2.12. The maximum absolute atomic E-state index is 4.33. The van der Waals surface area contributed by atoms with Crippen molar-refractivity contribution in [1.29, 1.82) is 0 Å². The van der Waals surface area contributed by atoms with Gasteiger partial charge in [0.15, 0.2) is 0 Å². The Bertz CT molecular complexity index is 482. The second-order valence-corrected chi connectivity index (χ2v) is 5.56. The molecule has 19 heavy (non-hydrogen) atoms. The van der Waals surface area contributed by atoms with Crippen LogP contribution in [0.25, 0.3) is 0 Å². The Morgan fingerprint density at radius 2 is 2.11 bits per heavy atom. The van der Waals surface area contributed by atoms with Crippen molar-refractivity contribution in [3.8, 4) is 0 Å². The second kappa shape index (κ2) is 7.26. The topological polar surface area (TPSA) is 28.2 Å². The molecular formula is C15H21N3S. The molecule has 0 radical (unpaired) electrons. The lowest BCUT2D eigenvalue weighted by Crippen LogP contribution is -2.17. The van der Waals surface area contributed by atoms with Crippen LogP contribution in [0, 0.1) is 0 Å². The van der Waals surface area contributed by atoms with E-state index in [0.29, 0.717) is 0 Å². The number of rotatable bonds is 7. The molecule has 0 fully saturated rings. The molecule has 0 aliphatic heterocycles. The van der Waals surface area contributed by atoms with Crippen molar-refractivity contribution in [2.45, 2.75) is 26.4 Å². The van der Waals surface area contributed by atoms with Crippen LogP contribution in [0.1, 0.15) is 24.5 Å². The summed E-state index contributed by atoms with van der Waals surface area (Å²) in [5, 5.41) is 7.66. The molecule has 0 bridgehead atoms. The summed E-state index contributed by atoms with van der Waals surface area (Å²) in [4.78, 5) is 6.65. The summed E-state index contributed by atoms with van der Waals surface area (Å²) in [5.74, 6) is 0.975. The Hall–Kier alpha value is -1.39. The van der Waals surface area contributed by atoms with Gasteiger partial charge in [0.2, 0.25) is 0 Å². The highest BCUT2D eigenvalue weighted by molar-refractivity contribution is 7.07. The number of hydrogen-bond donors (Lipinski definition) is 1. The van der Waals surface area contributed by atoms with Crippen molar-refractivity contribution in [1.82, 2.24) is 9.88 Å². The van der Waals surface area contributed by atoms with Crippen LogP contribution in [-0.4, -0.2) is 23.5 Å². The summed E-state index contributed by atoms with van der Waals surface area (Å²) < 4.78 is 0. The zero-order chi connectivity index (χ0) is 13.5. The Balaban J connectivity index is 1.90. The van der Waals surface area contributed by atoms with Crippen molar-refractivity contribution in [2.24, 2.45) is 0 Å². The largest absolute Gasteiger partial charge is 0.370 e. The zero-order valence-corrected chi connectivity index (χ0v) is 12.4. The number of thiophene rings is 1. The third kappa shape index (κ3) is 4.65. The van der Waals surface area contributed by atoms with Crippen molar-refractivity contribution in [3.05, 3.63) is 46.3 Å². The number of pyridine rings is 1. The predicted octanol–water partition coefficient (Wildman–Crippen LogP) is 3.60. The van der Waals surface area contributed by atoms with Crippen LogP contribution in [0.2, 0.25) is 0 Å².